The van der Waals surface area contributed by atoms with E-state index in [0.29, 0.717) is 0 Å². The monoisotopic (exact) mass is 167 g/mol. The van der Waals surface area contributed by atoms with Crippen LogP contribution in [0.1, 0.15) is 11.3 Å². The first-order valence-corrected chi connectivity index (χ1v) is 3.67. The van der Waals surface area contributed by atoms with Crippen molar-refractivity contribution in [3.63, 3.8) is 0 Å². The van der Waals surface area contributed by atoms with E-state index < -0.39 is 6.09 Å². The van der Waals surface area contributed by atoms with E-state index in [0.717, 1.165) is 24.3 Å². The van der Waals surface area contributed by atoms with Crippen LogP contribution in [0.25, 0.3) is 0 Å². The van der Waals surface area contributed by atoms with Crippen LogP contribution < -0.4 is 5.32 Å². The number of nitrogens with zero attached hydrogens (tertiary/aromatic N) is 2. The van der Waals surface area contributed by atoms with Crippen LogP contribution in [0.2, 0.25) is 0 Å². The summed E-state index contributed by atoms with van der Waals surface area (Å²) in [7, 11) is 1.34. The molecule has 0 radical (unpaired) electrons. The van der Waals surface area contributed by atoms with Crippen molar-refractivity contribution < 1.29 is 9.53 Å². The maximum atomic E-state index is 11.0. The molecule has 1 aromatic rings. The Balaban J connectivity index is 2.31. The molecule has 1 aliphatic rings. The summed E-state index contributed by atoms with van der Waals surface area (Å²) in [6.45, 7) is 1.52. The summed E-state index contributed by atoms with van der Waals surface area (Å²) in [6.07, 6.45) is 1.26. The molecule has 5 nitrogen and oxygen atoms in total. The third-order valence-electron chi connectivity index (χ3n) is 1.85. The highest BCUT2D eigenvalue weighted by molar-refractivity contribution is 5.69. The van der Waals surface area contributed by atoms with Crippen molar-refractivity contribution in [2.75, 3.05) is 7.11 Å². The van der Waals surface area contributed by atoms with Gasteiger partial charge in [-0.25, -0.2) is 4.79 Å². The fourth-order valence-electron chi connectivity index (χ4n) is 1.24. The number of carbonyl (C=O) groups is 1. The van der Waals surface area contributed by atoms with Gasteiger partial charge in [0.15, 0.2) is 0 Å². The van der Waals surface area contributed by atoms with Gasteiger partial charge >= 0.3 is 6.09 Å². The van der Waals surface area contributed by atoms with Gasteiger partial charge < -0.3 is 10.1 Å². The van der Waals surface area contributed by atoms with E-state index in [2.05, 4.69) is 15.2 Å². The van der Waals surface area contributed by atoms with Gasteiger partial charge in [0, 0.05) is 24.8 Å². The van der Waals surface area contributed by atoms with E-state index in [4.69, 9.17) is 0 Å². The molecule has 0 amide bonds. The SMILES string of the molecule is COC(=O)n1cc2c(n1)CNC2. The number of rotatable bonds is 0. The van der Waals surface area contributed by atoms with Crippen LogP contribution in [0.15, 0.2) is 6.20 Å². The quantitative estimate of drug-likeness (QED) is 0.595. The van der Waals surface area contributed by atoms with Crippen LogP contribution in [-0.4, -0.2) is 23.0 Å². The molecule has 2 rings (SSSR count). The topological polar surface area (TPSA) is 56.2 Å². The molecule has 0 atom stereocenters. The Kier molecular flexibility index (Phi) is 1.58. The average molecular weight is 167 g/mol. The lowest BCUT2D eigenvalue weighted by molar-refractivity contribution is 0.169. The summed E-state index contributed by atoms with van der Waals surface area (Å²) < 4.78 is 5.74. The second-order valence-electron chi connectivity index (χ2n) is 2.62. The fraction of sp³-hybridized carbons (Fsp3) is 0.429. The fourth-order valence-corrected chi connectivity index (χ4v) is 1.24. The van der Waals surface area contributed by atoms with E-state index in [9.17, 15) is 4.79 Å². The van der Waals surface area contributed by atoms with Crippen molar-refractivity contribution in [2.45, 2.75) is 13.1 Å². The Labute approximate surface area is 69.3 Å². The maximum Gasteiger partial charge on any atom is 0.434 e. The van der Waals surface area contributed by atoms with Crippen LogP contribution in [0.5, 0.6) is 0 Å². The summed E-state index contributed by atoms with van der Waals surface area (Å²) in [5, 5.41) is 7.17. The number of fused-ring (bicyclic) bond motifs is 1. The molecule has 0 aliphatic carbocycles. The predicted octanol–water partition coefficient (Wildman–Crippen LogP) is 0.101. The van der Waals surface area contributed by atoms with Crippen LogP contribution in [0.3, 0.4) is 0 Å². The van der Waals surface area contributed by atoms with E-state index in [1.165, 1.54) is 11.8 Å². The van der Waals surface area contributed by atoms with E-state index in [-0.39, 0.29) is 0 Å². The Morgan fingerprint density at radius 1 is 1.75 bits per heavy atom. The van der Waals surface area contributed by atoms with Crippen LogP contribution in [0, 0.1) is 0 Å². The molecule has 0 unspecified atom stereocenters. The summed E-state index contributed by atoms with van der Waals surface area (Å²) in [6, 6.07) is 0. The Hall–Kier alpha value is -1.36. The first-order valence-electron chi connectivity index (χ1n) is 3.67. The largest absolute Gasteiger partial charge is 0.451 e. The molecule has 0 aromatic carbocycles. The molecule has 0 saturated carbocycles. The van der Waals surface area contributed by atoms with Crippen molar-refractivity contribution in [1.82, 2.24) is 15.1 Å². The lowest BCUT2D eigenvalue weighted by atomic mass is 10.3. The summed E-state index contributed by atoms with van der Waals surface area (Å²) in [5.41, 5.74) is 2.00. The highest BCUT2D eigenvalue weighted by Crippen LogP contribution is 2.12. The zero-order valence-corrected chi connectivity index (χ0v) is 6.70. The van der Waals surface area contributed by atoms with E-state index >= 15 is 0 Å². The molecule has 2 heterocycles. The number of ether oxygens (including phenoxy) is 1. The first-order chi connectivity index (χ1) is 5.81. The maximum absolute atomic E-state index is 11.0. The number of hydrogen-bond acceptors (Lipinski definition) is 4. The van der Waals surface area contributed by atoms with Crippen molar-refractivity contribution in [2.24, 2.45) is 0 Å². The molecule has 1 aromatic heterocycles. The molecular weight excluding hydrogens is 158 g/mol. The van der Waals surface area contributed by atoms with E-state index in [1.807, 2.05) is 0 Å². The molecular formula is C7H9N3O2. The van der Waals surface area contributed by atoms with Gasteiger partial charge in [-0.15, -0.1) is 0 Å². The third kappa shape index (κ3) is 0.984. The predicted molar refractivity (Wildman–Crippen MR) is 40.6 cm³/mol. The molecule has 0 fully saturated rings. The number of hydrogen-bond donors (Lipinski definition) is 1. The second-order valence-corrected chi connectivity index (χ2v) is 2.62. The standard InChI is InChI=1S/C7H9N3O2/c1-12-7(11)10-4-5-2-8-3-6(5)9-10/h4,8H,2-3H2,1H3. The molecule has 0 saturated heterocycles. The number of carbonyl (C=O) groups excluding carboxylic acids is 1. The van der Waals surface area contributed by atoms with Gasteiger partial charge in [0.05, 0.1) is 12.8 Å². The average Bonchev–Trinajstić information content (AvgIpc) is 2.60. The molecule has 12 heavy (non-hydrogen) atoms. The van der Waals surface area contributed by atoms with Crippen LogP contribution >= 0.6 is 0 Å². The zero-order valence-electron chi connectivity index (χ0n) is 6.70. The summed E-state index contributed by atoms with van der Waals surface area (Å²) >= 11 is 0. The van der Waals surface area contributed by atoms with Crippen molar-refractivity contribution in [3.8, 4) is 0 Å². The highest BCUT2D eigenvalue weighted by atomic mass is 16.5. The van der Waals surface area contributed by atoms with Crippen molar-refractivity contribution in [3.05, 3.63) is 17.5 Å². The minimum absolute atomic E-state index is 0.440. The summed E-state index contributed by atoms with van der Waals surface area (Å²) in [5.74, 6) is 0. The van der Waals surface area contributed by atoms with Crippen molar-refractivity contribution >= 4 is 6.09 Å². The Morgan fingerprint density at radius 3 is 3.25 bits per heavy atom. The number of aromatic nitrogens is 2. The first kappa shape index (κ1) is 7.30. The molecule has 1 N–H and O–H groups in total. The smallest absolute Gasteiger partial charge is 0.434 e. The molecule has 64 valence electrons. The third-order valence-corrected chi connectivity index (χ3v) is 1.85. The molecule has 0 bridgehead atoms. The molecule has 0 spiro atoms. The molecule has 1 aliphatic heterocycles. The lowest BCUT2D eigenvalue weighted by Gasteiger charge is -1.96. The van der Waals surface area contributed by atoms with Crippen LogP contribution in [-0.2, 0) is 17.8 Å². The van der Waals surface area contributed by atoms with Gasteiger partial charge in [-0.1, -0.05) is 0 Å². The Bertz CT molecular complexity index is 297. The van der Waals surface area contributed by atoms with Crippen molar-refractivity contribution in [1.29, 1.82) is 0 Å². The second kappa shape index (κ2) is 2.60. The van der Waals surface area contributed by atoms with Gasteiger partial charge in [0.2, 0.25) is 0 Å². The normalized spacial score (nSPS) is 14.4. The van der Waals surface area contributed by atoms with E-state index in [1.54, 1.807) is 6.20 Å². The minimum atomic E-state index is -0.440. The molecule has 5 heteroatoms. The van der Waals surface area contributed by atoms with Gasteiger partial charge in [-0.2, -0.15) is 9.78 Å². The summed E-state index contributed by atoms with van der Waals surface area (Å²) in [4.78, 5) is 11.0. The van der Waals surface area contributed by atoms with Crippen LogP contribution in [0.4, 0.5) is 4.79 Å². The lowest BCUT2D eigenvalue weighted by Crippen LogP contribution is -2.13. The minimum Gasteiger partial charge on any atom is -0.451 e. The van der Waals surface area contributed by atoms with Gasteiger partial charge in [0.25, 0.3) is 0 Å². The van der Waals surface area contributed by atoms with Gasteiger partial charge in [-0.3, -0.25) is 0 Å². The number of nitrogens with one attached hydrogen (secondary N) is 1. The number of methoxy groups -OCH3 is 1. The van der Waals surface area contributed by atoms with Gasteiger partial charge in [-0.05, 0) is 0 Å². The highest BCUT2D eigenvalue weighted by Gasteiger charge is 2.17. The van der Waals surface area contributed by atoms with Gasteiger partial charge in [0.1, 0.15) is 0 Å². The zero-order chi connectivity index (χ0) is 8.55. The Morgan fingerprint density at radius 2 is 2.58 bits per heavy atom.